The van der Waals surface area contributed by atoms with Gasteiger partial charge in [0.15, 0.2) is 11.5 Å². The summed E-state index contributed by atoms with van der Waals surface area (Å²) >= 11 is 0. The SMILES string of the molecule is O=S(=O)(NCCCc1ccc(N2CCCCC2)cc1)c1ccc2c(c1)OCCO2. The molecule has 156 valence electrons. The Bertz CT molecular complexity index is 922. The predicted molar refractivity (Wildman–Crippen MR) is 113 cm³/mol. The first kappa shape index (κ1) is 20.0. The zero-order valence-corrected chi connectivity index (χ0v) is 17.4. The van der Waals surface area contributed by atoms with E-state index < -0.39 is 10.0 Å². The molecule has 6 nitrogen and oxygen atoms in total. The van der Waals surface area contributed by atoms with Crippen LogP contribution in [0.5, 0.6) is 11.5 Å². The van der Waals surface area contributed by atoms with E-state index in [0.717, 1.165) is 25.9 Å². The molecule has 1 N–H and O–H groups in total. The number of rotatable bonds is 7. The van der Waals surface area contributed by atoms with Crippen LogP contribution in [-0.4, -0.2) is 41.3 Å². The summed E-state index contributed by atoms with van der Waals surface area (Å²) in [6, 6.07) is 13.4. The van der Waals surface area contributed by atoms with E-state index in [1.807, 2.05) is 0 Å². The highest BCUT2D eigenvalue weighted by molar-refractivity contribution is 7.89. The summed E-state index contributed by atoms with van der Waals surface area (Å²) < 4.78 is 38.7. The van der Waals surface area contributed by atoms with Gasteiger partial charge in [-0.1, -0.05) is 12.1 Å². The maximum atomic E-state index is 12.5. The van der Waals surface area contributed by atoms with Crippen LogP contribution in [0.1, 0.15) is 31.2 Å². The van der Waals surface area contributed by atoms with E-state index in [2.05, 4.69) is 33.9 Å². The second-order valence-electron chi connectivity index (χ2n) is 7.52. The third-order valence-corrected chi connectivity index (χ3v) is 6.87. The molecule has 0 bridgehead atoms. The van der Waals surface area contributed by atoms with Crippen molar-refractivity contribution in [3.05, 3.63) is 48.0 Å². The minimum atomic E-state index is -3.56. The Balaban J connectivity index is 1.27. The fraction of sp³-hybridized carbons (Fsp3) is 0.455. The summed E-state index contributed by atoms with van der Waals surface area (Å²) in [6.45, 7) is 3.59. The molecule has 0 saturated carbocycles. The minimum absolute atomic E-state index is 0.202. The Morgan fingerprint density at radius 3 is 2.38 bits per heavy atom. The number of piperidine rings is 1. The minimum Gasteiger partial charge on any atom is -0.486 e. The molecule has 2 aliphatic rings. The highest BCUT2D eigenvalue weighted by Crippen LogP contribution is 2.32. The number of nitrogens with zero attached hydrogens (tertiary/aromatic N) is 1. The molecule has 7 heteroatoms. The first-order valence-corrected chi connectivity index (χ1v) is 11.8. The summed E-state index contributed by atoms with van der Waals surface area (Å²) in [5, 5.41) is 0. The first-order chi connectivity index (χ1) is 14.1. The van der Waals surface area contributed by atoms with Gasteiger partial charge in [-0.25, -0.2) is 13.1 Å². The Labute approximate surface area is 172 Å². The molecule has 0 atom stereocenters. The lowest BCUT2D eigenvalue weighted by atomic mass is 10.1. The van der Waals surface area contributed by atoms with Crippen LogP contribution in [0.15, 0.2) is 47.4 Å². The molecule has 0 aliphatic carbocycles. The number of hydrogen-bond donors (Lipinski definition) is 1. The van der Waals surface area contributed by atoms with Gasteiger partial charge in [-0.3, -0.25) is 0 Å². The predicted octanol–water partition coefficient (Wildman–Crippen LogP) is 3.36. The Hall–Kier alpha value is -2.25. The van der Waals surface area contributed by atoms with E-state index >= 15 is 0 Å². The maximum Gasteiger partial charge on any atom is 0.240 e. The van der Waals surface area contributed by atoms with Gasteiger partial charge in [-0.15, -0.1) is 0 Å². The molecule has 1 saturated heterocycles. The van der Waals surface area contributed by atoms with E-state index in [9.17, 15) is 8.42 Å². The molecule has 0 amide bonds. The van der Waals surface area contributed by atoms with Crippen molar-refractivity contribution in [3.8, 4) is 11.5 Å². The number of ether oxygens (including phenoxy) is 2. The summed E-state index contributed by atoms with van der Waals surface area (Å²) in [7, 11) is -3.56. The molecule has 0 unspecified atom stereocenters. The van der Waals surface area contributed by atoms with Gasteiger partial charge in [0.1, 0.15) is 13.2 Å². The molecule has 0 aromatic heterocycles. The van der Waals surface area contributed by atoms with Crippen LogP contribution in [0.4, 0.5) is 5.69 Å². The van der Waals surface area contributed by atoms with Crippen LogP contribution < -0.4 is 19.1 Å². The number of fused-ring (bicyclic) bond motifs is 1. The van der Waals surface area contributed by atoms with Gasteiger partial charge in [-0.05, 0) is 61.9 Å². The second-order valence-corrected chi connectivity index (χ2v) is 9.29. The van der Waals surface area contributed by atoms with Gasteiger partial charge in [0.25, 0.3) is 0 Å². The van der Waals surface area contributed by atoms with Gasteiger partial charge >= 0.3 is 0 Å². The summed E-state index contributed by atoms with van der Waals surface area (Å²) in [4.78, 5) is 2.64. The van der Waals surface area contributed by atoms with Crippen molar-refractivity contribution in [2.24, 2.45) is 0 Å². The van der Waals surface area contributed by atoms with E-state index in [4.69, 9.17) is 9.47 Å². The molecule has 29 heavy (non-hydrogen) atoms. The van der Waals surface area contributed by atoms with Crippen molar-refractivity contribution in [3.63, 3.8) is 0 Å². The van der Waals surface area contributed by atoms with Gasteiger partial charge in [0.05, 0.1) is 4.90 Å². The molecule has 0 radical (unpaired) electrons. The van der Waals surface area contributed by atoms with Crippen LogP contribution in [0.3, 0.4) is 0 Å². The lowest BCUT2D eigenvalue weighted by Crippen LogP contribution is -2.29. The number of anilines is 1. The molecule has 1 fully saturated rings. The highest BCUT2D eigenvalue weighted by Gasteiger charge is 2.19. The Kier molecular flexibility index (Phi) is 6.25. The maximum absolute atomic E-state index is 12.5. The third kappa shape index (κ3) is 5.03. The molecule has 0 spiro atoms. The number of hydrogen-bond acceptors (Lipinski definition) is 5. The number of sulfonamides is 1. The molecule has 2 heterocycles. The van der Waals surface area contributed by atoms with Crippen molar-refractivity contribution in [1.82, 2.24) is 4.72 Å². The standard InChI is InChI=1S/C22H28N2O4S/c25-29(26,20-10-11-21-22(17-20)28-16-15-27-21)23-12-4-5-18-6-8-19(9-7-18)24-13-2-1-3-14-24/h6-11,17,23H,1-5,12-16H2. The number of nitrogens with one attached hydrogen (secondary N) is 1. The summed E-state index contributed by atoms with van der Waals surface area (Å²) in [6.07, 6.45) is 5.45. The summed E-state index contributed by atoms with van der Waals surface area (Å²) in [5.41, 5.74) is 2.51. The van der Waals surface area contributed by atoms with Gasteiger partial charge in [0.2, 0.25) is 10.0 Å². The van der Waals surface area contributed by atoms with E-state index in [1.54, 1.807) is 12.1 Å². The zero-order chi connectivity index (χ0) is 20.1. The Morgan fingerprint density at radius 1 is 0.897 bits per heavy atom. The summed E-state index contributed by atoms with van der Waals surface area (Å²) in [5.74, 6) is 1.07. The Morgan fingerprint density at radius 2 is 1.62 bits per heavy atom. The largest absolute Gasteiger partial charge is 0.486 e. The molecule has 4 rings (SSSR count). The molecule has 2 aromatic carbocycles. The van der Waals surface area contributed by atoms with E-state index in [-0.39, 0.29) is 4.90 Å². The normalized spacial score (nSPS) is 16.6. The fourth-order valence-corrected chi connectivity index (χ4v) is 4.89. The van der Waals surface area contributed by atoms with Crippen LogP contribution in [0.25, 0.3) is 0 Å². The first-order valence-electron chi connectivity index (χ1n) is 10.3. The van der Waals surface area contributed by atoms with E-state index in [1.165, 1.54) is 36.6 Å². The molecular formula is C22H28N2O4S. The van der Waals surface area contributed by atoms with Crippen molar-refractivity contribution in [2.75, 3.05) is 37.7 Å². The number of benzene rings is 2. The van der Waals surface area contributed by atoms with Crippen molar-refractivity contribution >= 4 is 15.7 Å². The second kappa shape index (κ2) is 9.05. The van der Waals surface area contributed by atoms with Crippen LogP contribution >= 0.6 is 0 Å². The van der Waals surface area contributed by atoms with Crippen molar-refractivity contribution < 1.29 is 17.9 Å². The zero-order valence-electron chi connectivity index (χ0n) is 16.6. The van der Waals surface area contributed by atoms with E-state index in [0.29, 0.717) is 31.3 Å². The lowest BCUT2D eigenvalue weighted by Gasteiger charge is -2.28. The highest BCUT2D eigenvalue weighted by atomic mass is 32.2. The average molecular weight is 417 g/mol. The topological polar surface area (TPSA) is 67.9 Å². The number of aryl methyl sites for hydroxylation is 1. The van der Waals surface area contributed by atoms with Crippen molar-refractivity contribution in [2.45, 2.75) is 37.0 Å². The average Bonchev–Trinajstić information content (AvgIpc) is 2.77. The van der Waals surface area contributed by atoms with Crippen LogP contribution in [-0.2, 0) is 16.4 Å². The van der Waals surface area contributed by atoms with Gasteiger partial charge in [-0.2, -0.15) is 0 Å². The van der Waals surface area contributed by atoms with Gasteiger partial charge in [0, 0.05) is 31.4 Å². The third-order valence-electron chi connectivity index (χ3n) is 5.42. The van der Waals surface area contributed by atoms with Crippen LogP contribution in [0, 0.1) is 0 Å². The van der Waals surface area contributed by atoms with Crippen LogP contribution in [0.2, 0.25) is 0 Å². The monoisotopic (exact) mass is 416 g/mol. The van der Waals surface area contributed by atoms with Crippen molar-refractivity contribution in [1.29, 1.82) is 0 Å². The molecule has 2 aliphatic heterocycles. The fourth-order valence-electron chi connectivity index (χ4n) is 3.80. The lowest BCUT2D eigenvalue weighted by molar-refractivity contribution is 0.171. The smallest absolute Gasteiger partial charge is 0.240 e. The molecule has 2 aromatic rings. The quantitative estimate of drug-likeness (QED) is 0.701. The molecular weight excluding hydrogens is 388 g/mol. The van der Waals surface area contributed by atoms with Gasteiger partial charge < -0.3 is 14.4 Å².